The molecule has 0 fully saturated rings. The molecule has 2 rings (SSSR count). The van der Waals surface area contributed by atoms with E-state index in [0.29, 0.717) is 16.0 Å². The minimum Gasteiger partial charge on any atom is -0.495 e. The lowest BCUT2D eigenvalue weighted by molar-refractivity contribution is 0.396. The largest absolute Gasteiger partial charge is 0.495 e. The smallest absolute Gasteiger partial charge is 0.263 e. The Labute approximate surface area is 142 Å². The first-order valence-corrected chi connectivity index (χ1v) is 8.73. The van der Waals surface area contributed by atoms with Crippen LogP contribution in [0.1, 0.15) is 0 Å². The Hall–Kier alpha value is -1.44. The molecule has 0 unspecified atom stereocenters. The highest BCUT2D eigenvalue weighted by atomic mass is 79.9. The monoisotopic (exact) mass is 405 g/mol. The zero-order valence-corrected chi connectivity index (χ0v) is 14.9. The first kappa shape index (κ1) is 16.9. The van der Waals surface area contributed by atoms with Crippen LogP contribution in [0.25, 0.3) is 0 Å². The fourth-order valence-corrected chi connectivity index (χ4v) is 4.11. The fourth-order valence-electron chi connectivity index (χ4n) is 1.80. The summed E-state index contributed by atoms with van der Waals surface area (Å²) in [6.45, 7) is 0. The lowest BCUT2D eigenvalue weighted by Gasteiger charge is -2.14. The van der Waals surface area contributed by atoms with E-state index in [1.807, 2.05) is 0 Å². The summed E-state index contributed by atoms with van der Waals surface area (Å²) in [6.07, 6.45) is 0. The van der Waals surface area contributed by atoms with Crippen LogP contribution in [-0.2, 0) is 10.0 Å². The van der Waals surface area contributed by atoms with Crippen LogP contribution in [0.4, 0.5) is 5.69 Å². The number of anilines is 1. The molecule has 2 aromatic carbocycles. The van der Waals surface area contributed by atoms with Crippen molar-refractivity contribution in [3.63, 3.8) is 0 Å². The van der Waals surface area contributed by atoms with Gasteiger partial charge >= 0.3 is 0 Å². The number of hydrogen-bond acceptors (Lipinski definition) is 4. The van der Waals surface area contributed by atoms with E-state index in [2.05, 4.69) is 20.7 Å². The molecular weight excluding hydrogens is 394 g/mol. The highest BCUT2D eigenvalue weighted by Crippen LogP contribution is 2.37. The quantitative estimate of drug-likeness (QED) is 0.817. The van der Waals surface area contributed by atoms with Crippen molar-refractivity contribution < 1.29 is 17.9 Å². The van der Waals surface area contributed by atoms with E-state index in [0.717, 1.165) is 0 Å². The molecule has 0 bridgehead atoms. The second-order valence-electron chi connectivity index (χ2n) is 4.22. The fraction of sp³-hybridized carbons (Fsp3) is 0.143. The van der Waals surface area contributed by atoms with Gasteiger partial charge in [-0.25, -0.2) is 8.42 Å². The van der Waals surface area contributed by atoms with Crippen LogP contribution in [0, 0.1) is 0 Å². The molecule has 5 nitrogen and oxygen atoms in total. The van der Waals surface area contributed by atoms with Gasteiger partial charge in [-0.1, -0.05) is 23.7 Å². The first-order valence-electron chi connectivity index (χ1n) is 6.08. The summed E-state index contributed by atoms with van der Waals surface area (Å²) in [5.74, 6) is 0.694. The van der Waals surface area contributed by atoms with Crippen LogP contribution in [0.15, 0.2) is 45.8 Å². The van der Waals surface area contributed by atoms with E-state index in [-0.39, 0.29) is 15.6 Å². The molecule has 0 aliphatic heterocycles. The molecule has 0 aromatic heterocycles. The summed E-state index contributed by atoms with van der Waals surface area (Å²) < 4.78 is 38.2. The summed E-state index contributed by atoms with van der Waals surface area (Å²) in [6, 6.07) is 9.45. The van der Waals surface area contributed by atoms with Crippen molar-refractivity contribution in [3.05, 3.63) is 45.9 Å². The molecule has 0 aliphatic carbocycles. The summed E-state index contributed by atoms with van der Waals surface area (Å²) in [4.78, 5) is 0.115. The summed E-state index contributed by atoms with van der Waals surface area (Å²) >= 11 is 9.26. The average molecular weight is 407 g/mol. The van der Waals surface area contributed by atoms with Crippen LogP contribution in [0.3, 0.4) is 0 Å². The number of sulfonamides is 1. The molecule has 22 heavy (non-hydrogen) atoms. The first-order chi connectivity index (χ1) is 10.4. The number of halogens is 2. The Balaban J connectivity index is 2.46. The molecule has 2 aromatic rings. The maximum atomic E-state index is 12.5. The molecule has 0 saturated carbocycles. The maximum absolute atomic E-state index is 12.5. The van der Waals surface area contributed by atoms with Crippen LogP contribution in [0.5, 0.6) is 11.5 Å². The predicted molar refractivity (Wildman–Crippen MR) is 89.5 cm³/mol. The number of nitrogens with one attached hydrogen (secondary N) is 1. The highest BCUT2D eigenvalue weighted by Gasteiger charge is 2.20. The van der Waals surface area contributed by atoms with Crippen LogP contribution < -0.4 is 14.2 Å². The Morgan fingerprint density at radius 3 is 2.32 bits per heavy atom. The number of rotatable bonds is 5. The summed E-state index contributed by atoms with van der Waals surface area (Å²) in [5, 5.41) is 0.271. The molecule has 0 heterocycles. The molecule has 0 radical (unpaired) electrons. The topological polar surface area (TPSA) is 64.6 Å². The molecule has 0 aliphatic rings. The van der Waals surface area contributed by atoms with Crippen molar-refractivity contribution in [2.24, 2.45) is 0 Å². The molecule has 0 spiro atoms. The van der Waals surface area contributed by atoms with E-state index >= 15 is 0 Å². The van der Waals surface area contributed by atoms with Gasteiger partial charge in [-0.3, -0.25) is 4.72 Å². The van der Waals surface area contributed by atoms with Gasteiger partial charge in [0.05, 0.1) is 24.9 Å². The van der Waals surface area contributed by atoms with Gasteiger partial charge in [-0.05, 0) is 34.1 Å². The van der Waals surface area contributed by atoms with E-state index < -0.39 is 10.0 Å². The van der Waals surface area contributed by atoms with Crippen LogP contribution in [0.2, 0.25) is 5.02 Å². The summed E-state index contributed by atoms with van der Waals surface area (Å²) in [7, 11) is -0.896. The molecule has 0 amide bonds. The summed E-state index contributed by atoms with van der Waals surface area (Å²) in [5.41, 5.74) is 0.226. The minimum absolute atomic E-state index is 0.115. The lowest BCUT2D eigenvalue weighted by Crippen LogP contribution is -2.14. The van der Waals surface area contributed by atoms with Crippen molar-refractivity contribution in [1.29, 1.82) is 0 Å². The minimum atomic E-state index is -3.79. The SMILES string of the molecule is COc1cc(OC)c(NS(=O)(=O)c2ccccc2Br)cc1Cl. The van der Waals surface area contributed by atoms with E-state index in [9.17, 15) is 8.42 Å². The standard InChI is InChI=1S/C14H13BrClNO4S/c1-20-12-8-13(21-2)11(7-10(12)16)17-22(18,19)14-6-4-3-5-9(14)15/h3-8,17H,1-2H3. The Morgan fingerprint density at radius 1 is 1.09 bits per heavy atom. The maximum Gasteiger partial charge on any atom is 0.263 e. The molecule has 8 heteroatoms. The molecule has 1 N–H and O–H groups in total. The molecule has 118 valence electrons. The van der Waals surface area contributed by atoms with Gasteiger partial charge in [0.25, 0.3) is 10.0 Å². The van der Waals surface area contributed by atoms with Crippen LogP contribution in [-0.4, -0.2) is 22.6 Å². The van der Waals surface area contributed by atoms with Crippen molar-refractivity contribution in [2.45, 2.75) is 4.90 Å². The van der Waals surface area contributed by atoms with Crippen molar-refractivity contribution in [3.8, 4) is 11.5 Å². The zero-order valence-electron chi connectivity index (χ0n) is 11.8. The number of methoxy groups -OCH3 is 2. The number of benzene rings is 2. The van der Waals surface area contributed by atoms with Crippen molar-refractivity contribution in [1.82, 2.24) is 0 Å². The van der Waals surface area contributed by atoms with Gasteiger partial charge in [0.15, 0.2) is 0 Å². The van der Waals surface area contributed by atoms with Crippen LogP contribution >= 0.6 is 27.5 Å². The Kier molecular flexibility index (Phi) is 5.20. The Morgan fingerprint density at radius 2 is 1.73 bits per heavy atom. The van der Waals surface area contributed by atoms with Gasteiger partial charge in [-0.15, -0.1) is 0 Å². The van der Waals surface area contributed by atoms with Gasteiger partial charge in [-0.2, -0.15) is 0 Å². The van der Waals surface area contributed by atoms with Gasteiger partial charge in [0, 0.05) is 10.5 Å². The third-order valence-electron chi connectivity index (χ3n) is 2.84. The van der Waals surface area contributed by atoms with Gasteiger partial charge in [0.2, 0.25) is 0 Å². The number of ether oxygens (including phenoxy) is 2. The number of hydrogen-bond donors (Lipinski definition) is 1. The van der Waals surface area contributed by atoms with Gasteiger partial charge < -0.3 is 9.47 Å². The van der Waals surface area contributed by atoms with Crippen molar-refractivity contribution >= 4 is 43.2 Å². The highest BCUT2D eigenvalue weighted by molar-refractivity contribution is 9.10. The third-order valence-corrected chi connectivity index (χ3v) is 5.52. The second kappa shape index (κ2) is 6.76. The lowest BCUT2D eigenvalue weighted by atomic mass is 10.3. The van der Waals surface area contributed by atoms with Crippen molar-refractivity contribution in [2.75, 3.05) is 18.9 Å². The van der Waals surface area contributed by atoms with E-state index in [1.54, 1.807) is 18.2 Å². The van der Waals surface area contributed by atoms with Gasteiger partial charge in [0.1, 0.15) is 16.4 Å². The predicted octanol–water partition coefficient (Wildman–Crippen LogP) is 3.92. The molecule has 0 atom stereocenters. The second-order valence-corrected chi connectivity index (χ2v) is 7.14. The van der Waals surface area contributed by atoms with E-state index in [1.165, 1.54) is 32.4 Å². The molecule has 0 saturated heterocycles. The normalized spacial score (nSPS) is 11.1. The Bertz CT molecular complexity index is 795. The zero-order chi connectivity index (χ0) is 16.3. The average Bonchev–Trinajstić information content (AvgIpc) is 2.47. The third kappa shape index (κ3) is 3.48. The van der Waals surface area contributed by atoms with E-state index in [4.69, 9.17) is 21.1 Å². The molecular formula is C14H13BrClNO4S.